The van der Waals surface area contributed by atoms with Gasteiger partial charge >= 0.3 is 12.1 Å². The quantitative estimate of drug-likeness (QED) is 0.420. The number of alkyl halides is 3. The van der Waals surface area contributed by atoms with Crippen LogP contribution in [0, 0.1) is 17.7 Å². The summed E-state index contributed by atoms with van der Waals surface area (Å²) in [4.78, 5) is 55.7. The predicted octanol–water partition coefficient (Wildman–Crippen LogP) is 4.00. The Morgan fingerprint density at radius 2 is 1.57 bits per heavy atom. The first kappa shape index (κ1) is 34.5. The van der Waals surface area contributed by atoms with Crippen LogP contribution >= 0.6 is 0 Å². The van der Waals surface area contributed by atoms with Gasteiger partial charge in [-0.25, -0.2) is 9.18 Å². The summed E-state index contributed by atoms with van der Waals surface area (Å²) in [6, 6.07) is 15.9. The van der Waals surface area contributed by atoms with Gasteiger partial charge in [0.25, 0.3) is 5.91 Å². The van der Waals surface area contributed by atoms with Crippen molar-refractivity contribution in [3.8, 4) is 0 Å². The highest BCUT2D eigenvalue weighted by Crippen LogP contribution is 2.33. The maximum absolute atomic E-state index is 13.3. The second-order valence-electron chi connectivity index (χ2n) is 11.7. The van der Waals surface area contributed by atoms with Crippen molar-refractivity contribution in [2.24, 2.45) is 16.8 Å². The van der Waals surface area contributed by atoms with Gasteiger partial charge in [-0.05, 0) is 55.4 Å². The summed E-state index contributed by atoms with van der Waals surface area (Å²) >= 11 is 0. The number of amides is 2. The van der Waals surface area contributed by atoms with Gasteiger partial charge in [-0.15, -0.1) is 0 Å². The van der Waals surface area contributed by atoms with E-state index in [9.17, 15) is 31.9 Å². The van der Waals surface area contributed by atoms with Crippen LogP contribution in [0.2, 0.25) is 0 Å². The molecule has 0 aliphatic carbocycles. The third-order valence-corrected chi connectivity index (χ3v) is 8.47. The van der Waals surface area contributed by atoms with Crippen LogP contribution in [0.5, 0.6) is 0 Å². The highest BCUT2D eigenvalue weighted by molar-refractivity contribution is 6.27. The lowest BCUT2D eigenvalue weighted by Crippen LogP contribution is -2.38. The van der Waals surface area contributed by atoms with E-state index in [1.807, 2.05) is 42.2 Å². The van der Waals surface area contributed by atoms with Crippen molar-refractivity contribution in [1.82, 2.24) is 15.1 Å². The zero-order valence-corrected chi connectivity index (χ0v) is 25.5. The van der Waals surface area contributed by atoms with Crippen LogP contribution in [0.1, 0.15) is 37.4 Å². The summed E-state index contributed by atoms with van der Waals surface area (Å²) in [6.45, 7) is 7.70. The summed E-state index contributed by atoms with van der Waals surface area (Å²) in [5.74, 6) is -2.52. The largest absolute Gasteiger partial charge is 0.490 e. The van der Waals surface area contributed by atoms with E-state index in [1.165, 1.54) is 12.1 Å². The van der Waals surface area contributed by atoms with Gasteiger partial charge in [0.2, 0.25) is 5.91 Å². The Labute approximate surface area is 264 Å². The number of hydrogen-bond acceptors (Lipinski definition) is 6. The molecule has 246 valence electrons. The highest BCUT2D eigenvalue weighted by Gasteiger charge is 2.43. The molecular formula is C33H36F4N4O5. The molecule has 0 spiro atoms. The molecule has 0 aromatic heterocycles. The number of carboxylic acid groups (broad SMARTS) is 1. The number of rotatable bonds is 8. The van der Waals surface area contributed by atoms with Gasteiger partial charge in [0.1, 0.15) is 12.4 Å². The van der Waals surface area contributed by atoms with Crippen molar-refractivity contribution >= 4 is 29.3 Å². The summed E-state index contributed by atoms with van der Waals surface area (Å²) in [5.41, 5.74) is 3.50. The second-order valence-corrected chi connectivity index (χ2v) is 11.7. The second kappa shape index (κ2) is 14.8. The van der Waals surface area contributed by atoms with E-state index in [2.05, 4.69) is 15.2 Å². The molecule has 0 saturated carbocycles. The Balaban J connectivity index is 0.000000617. The SMILES string of the molecule is CC1=NCC(=O)C(C)=C1C(=O)N1CC2CN(CCC(NC(=O)Cc3ccc(F)cc3)c3ccccc3)C[C@H]2C1.O=C(O)C(F)(F)F. The van der Waals surface area contributed by atoms with E-state index in [-0.39, 0.29) is 42.4 Å². The Hall–Kier alpha value is -4.39. The molecule has 0 radical (unpaired) electrons. The lowest BCUT2D eigenvalue weighted by atomic mass is 9.98. The molecule has 3 aliphatic rings. The van der Waals surface area contributed by atoms with Crippen LogP contribution in [0.4, 0.5) is 17.6 Å². The summed E-state index contributed by atoms with van der Waals surface area (Å²) < 4.78 is 45.0. The predicted molar refractivity (Wildman–Crippen MR) is 161 cm³/mol. The van der Waals surface area contributed by atoms with Gasteiger partial charge in [0, 0.05) is 44.0 Å². The molecule has 0 bridgehead atoms. The number of aliphatic carboxylic acids is 1. The third-order valence-electron chi connectivity index (χ3n) is 8.47. The summed E-state index contributed by atoms with van der Waals surface area (Å²) in [7, 11) is 0. The van der Waals surface area contributed by atoms with Crippen molar-refractivity contribution in [2.45, 2.75) is 38.9 Å². The van der Waals surface area contributed by atoms with Gasteiger partial charge in [-0.3, -0.25) is 19.4 Å². The number of carbonyl (C=O) groups excluding carboxylic acids is 3. The van der Waals surface area contributed by atoms with Crippen molar-refractivity contribution in [2.75, 3.05) is 39.3 Å². The number of hydrogen-bond donors (Lipinski definition) is 2. The molecule has 46 heavy (non-hydrogen) atoms. The average Bonchev–Trinajstić information content (AvgIpc) is 3.58. The van der Waals surface area contributed by atoms with Crippen LogP contribution in [0.3, 0.4) is 0 Å². The molecule has 2 N–H and O–H groups in total. The number of fused-ring (bicyclic) bond motifs is 1. The number of carbonyl (C=O) groups is 4. The Bertz CT molecular complexity index is 1490. The minimum atomic E-state index is -5.08. The van der Waals surface area contributed by atoms with Crippen LogP contribution in [0.25, 0.3) is 0 Å². The first-order valence-electron chi connectivity index (χ1n) is 14.9. The standard InChI is InChI=1S/C31H35FN4O3.C2HF3O2/c1-20-28(37)15-33-21(2)30(20)31(39)36-18-24-16-35(17-25(24)19-36)13-12-27(23-6-4-3-5-7-23)34-29(38)14-22-8-10-26(32)11-9-22;3-2(4,5)1(6)7/h3-11,24-25,27H,12-19H2,1-2H3,(H,34,38);(H,6,7)/t24-,25?,27?;/m0./s1. The number of aliphatic imine (C=N–C) groups is 1. The lowest BCUT2D eigenvalue weighted by Gasteiger charge is -2.26. The molecule has 2 aromatic carbocycles. The smallest absolute Gasteiger partial charge is 0.475 e. The maximum atomic E-state index is 13.3. The van der Waals surface area contributed by atoms with Crippen LogP contribution < -0.4 is 5.32 Å². The van der Waals surface area contributed by atoms with Crippen LogP contribution in [-0.2, 0) is 25.6 Å². The molecule has 3 atom stereocenters. The minimum absolute atomic E-state index is 0.0734. The van der Waals surface area contributed by atoms with Gasteiger partial charge in [0.05, 0.1) is 18.0 Å². The van der Waals surface area contributed by atoms with Gasteiger partial charge < -0.3 is 20.2 Å². The molecular weight excluding hydrogens is 608 g/mol. The van der Waals surface area contributed by atoms with Crippen molar-refractivity contribution in [3.63, 3.8) is 0 Å². The minimum Gasteiger partial charge on any atom is -0.475 e. The number of likely N-dealkylation sites (tertiary alicyclic amines) is 2. The van der Waals surface area contributed by atoms with E-state index in [0.717, 1.165) is 37.2 Å². The molecule has 2 amide bonds. The number of ketones is 1. The van der Waals surface area contributed by atoms with E-state index in [4.69, 9.17) is 9.90 Å². The maximum Gasteiger partial charge on any atom is 0.490 e. The number of Topliss-reactive ketones (excluding diaryl/α,β-unsaturated/α-hetero) is 1. The van der Waals surface area contributed by atoms with Crippen molar-refractivity contribution in [1.29, 1.82) is 0 Å². The molecule has 3 aliphatic heterocycles. The molecule has 2 unspecified atom stereocenters. The zero-order chi connectivity index (χ0) is 33.6. The van der Waals surface area contributed by atoms with Gasteiger partial charge in [0.15, 0.2) is 5.78 Å². The fraction of sp³-hybridized carbons (Fsp3) is 0.424. The monoisotopic (exact) mass is 644 g/mol. The van der Waals surface area contributed by atoms with Gasteiger partial charge in [-0.1, -0.05) is 42.5 Å². The normalized spacial score (nSPS) is 20.4. The number of nitrogens with one attached hydrogen (secondary N) is 1. The first-order chi connectivity index (χ1) is 21.7. The van der Waals surface area contributed by atoms with Crippen LogP contribution in [-0.4, -0.2) is 89.6 Å². The molecule has 2 aromatic rings. The van der Waals surface area contributed by atoms with E-state index >= 15 is 0 Å². The number of dihydropyridines is 1. The Morgan fingerprint density at radius 1 is 0.978 bits per heavy atom. The molecule has 9 nitrogen and oxygen atoms in total. The van der Waals surface area contributed by atoms with Crippen LogP contribution in [0.15, 0.2) is 70.7 Å². The lowest BCUT2D eigenvalue weighted by molar-refractivity contribution is -0.192. The average molecular weight is 645 g/mol. The fourth-order valence-corrected chi connectivity index (χ4v) is 6.06. The van der Waals surface area contributed by atoms with E-state index in [1.54, 1.807) is 19.1 Å². The third kappa shape index (κ3) is 8.87. The number of carboxylic acids is 1. The molecule has 5 rings (SSSR count). The van der Waals surface area contributed by atoms with Crippen molar-refractivity contribution in [3.05, 3.63) is 82.7 Å². The highest BCUT2D eigenvalue weighted by atomic mass is 19.4. The van der Waals surface area contributed by atoms with E-state index < -0.39 is 12.1 Å². The fourth-order valence-electron chi connectivity index (χ4n) is 6.06. The van der Waals surface area contributed by atoms with Crippen molar-refractivity contribution < 1.29 is 41.8 Å². The molecule has 3 heterocycles. The van der Waals surface area contributed by atoms with E-state index in [0.29, 0.717) is 41.8 Å². The summed E-state index contributed by atoms with van der Waals surface area (Å²) in [6.07, 6.45) is -4.11. The van der Waals surface area contributed by atoms with Gasteiger partial charge in [-0.2, -0.15) is 13.2 Å². The number of halogens is 4. The molecule has 13 heteroatoms. The topological polar surface area (TPSA) is 119 Å². The Morgan fingerprint density at radius 3 is 2.13 bits per heavy atom. The molecule has 2 fully saturated rings. The zero-order valence-electron chi connectivity index (χ0n) is 25.5. The molecule has 2 saturated heterocycles. The first-order valence-corrected chi connectivity index (χ1v) is 14.9. The number of benzene rings is 2. The summed E-state index contributed by atoms with van der Waals surface area (Å²) in [5, 5.41) is 10.3. The number of nitrogens with zero attached hydrogens (tertiary/aromatic N) is 3. The Kier molecular flexibility index (Phi) is 11.1.